The minimum Gasteiger partial charge on any atom is -0.351 e. The van der Waals surface area contributed by atoms with Gasteiger partial charge >= 0.3 is 0 Å². The molecule has 4 nitrogen and oxygen atoms in total. The van der Waals surface area contributed by atoms with Crippen LogP contribution in [0, 0.1) is 0 Å². The highest BCUT2D eigenvalue weighted by atomic mass is 32.1. The summed E-state index contributed by atoms with van der Waals surface area (Å²) in [6, 6.07) is 14.1. The third kappa shape index (κ3) is 3.23. The van der Waals surface area contributed by atoms with Crippen molar-refractivity contribution in [1.29, 1.82) is 0 Å². The van der Waals surface area contributed by atoms with E-state index in [4.69, 9.17) is 0 Å². The van der Waals surface area contributed by atoms with Gasteiger partial charge in [-0.1, -0.05) is 0 Å². The van der Waals surface area contributed by atoms with Crippen LogP contribution in [0.1, 0.15) is 18.0 Å². The smallest absolute Gasteiger partial charge is 0.226 e. The fourth-order valence-corrected chi connectivity index (χ4v) is 3.87. The van der Waals surface area contributed by atoms with Gasteiger partial charge in [0.2, 0.25) is 5.91 Å². The molecule has 0 aliphatic carbocycles. The van der Waals surface area contributed by atoms with Gasteiger partial charge in [0.1, 0.15) is 0 Å². The number of nitrogens with zero attached hydrogens (tertiary/aromatic N) is 2. The molecule has 0 aliphatic rings. The molecule has 4 aromatic rings. The molecule has 3 aromatic heterocycles. The number of nitrogens with one attached hydrogen (secondary N) is 1. The van der Waals surface area contributed by atoms with E-state index in [2.05, 4.69) is 32.0 Å². The molecule has 0 unspecified atom stereocenters. The van der Waals surface area contributed by atoms with E-state index < -0.39 is 0 Å². The number of carbonyl (C=O) groups excluding carboxylic acids is 1. The van der Waals surface area contributed by atoms with Crippen LogP contribution in [-0.4, -0.2) is 15.0 Å². The first-order chi connectivity index (χ1) is 12.2. The van der Waals surface area contributed by atoms with Crippen molar-refractivity contribution in [3.05, 3.63) is 77.4 Å². The van der Waals surface area contributed by atoms with Crippen molar-refractivity contribution in [3.8, 4) is 0 Å². The summed E-state index contributed by atoms with van der Waals surface area (Å²) in [5.41, 5.74) is 3.15. The van der Waals surface area contributed by atoms with E-state index in [1.165, 1.54) is 0 Å². The molecule has 1 aromatic carbocycles. The lowest BCUT2D eigenvalue weighted by Crippen LogP contribution is -2.19. The lowest BCUT2D eigenvalue weighted by molar-refractivity contribution is -0.116. The second-order valence-electron chi connectivity index (χ2n) is 6.16. The highest BCUT2D eigenvalue weighted by Gasteiger charge is 2.18. The van der Waals surface area contributed by atoms with E-state index in [1.54, 1.807) is 11.3 Å². The first-order valence-electron chi connectivity index (χ1n) is 8.20. The minimum absolute atomic E-state index is 0.0141. The summed E-state index contributed by atoms with van der Waals surface area (Å²) >= 11 is 1.65. The van der Waals surface area contributed by atoms with Crippen molar-refractivity contribution < 1.29 is 4.79 Å². The molecule has 0 aliphatic heterocycles. The van der Waals surface area contributed by atoms with Gasteiger partial charge in [0.15, 0.2) is 0 Å². The quantitative estimate of drug-likeness (QED) is 0.559. The predicted octanol–water partition coefficient (Wildman–Crippen LogP) is 4.66. The average Bonchev–Trinajstić information content (AvgIpc) is 3.35. The molecular weight excluding hydrogens is 330 g/mol. The van der Waals surface area contributed by atoms with Gasteiger partial charge in [-0.2, -0.15) is 11.3 Å². The number of thiophene rings is 1. The minimum atomic E-state index is 0.0141. The monoisotopic (exact) mass is 349 g/mol. The zero-order valence-electron chi connectivity index (χ0n) is 13.9. The van der Waals surface area contributed by atoms with Crippen LogP contribution < -0.4 is 5.32 Å². The molecule has 0 fully saturated rings. The average molecular weight is 349 g/mol. The van der Waals surface area contributed by atoms with Crippen LogP contribution in [0.3, 0.4) is 0 Å². The van der Waals surface area contributed by atoms with Crippen LogP contribution in [0.15, 0.2) is 71.8 Å². The Morgan fingerprint density at radius 1 is 1.16 bits per heavy atom. The van der Waals surface area contributed by atoms with Crippen molar-refractivity contribution in [2.24, 2.45) is 7.05 Å². The van der Waals surface area contributed by atoms with Crippen LogP contribution in [-0.2, 0) is 11.8 Å². The van der Waals surface area contributed by atoms with E-state index in [-0.39, 0.29) is 11.9 Å². The topological polar surface area (TPSA) is 39.0 Å². The summed E-state index contributed by atoms with van der Waals surface area (Å²) in [5.74, 6) is 0.0141. The lowest BCUT2D eigenvalue weighted by atomic mass is 10.1. The van der Waals surface area contributed by atoms with Gasteiger partial charge in [0.25, 0.3) is 0 Å². The highest BCUT2D eigenvalue weighted by molar-refractivity contribution is 7.08. The van der Waals surface area contributed by atoms with Crippen molar-refractivity contribution in [1.82, 2.24) is 9.13 Å². The zero-order chi connectivity index (χ0) is 17.2. The van der Waals surface area contributed by atoms with Gasteiger partial charge in [-0.05, 0) is 58.8 Å². The van der Waals surface area contributed by atoms with E-state index in [0.29, 0.717) is 6.42 Å². The predicted molar refractivity (Wildman–Crippen MR) is 103 cm³/mol. The van der Waals surface area contributed by atoms with Gasteiger partial charge in [-0.3, -0.25) is 4.79 Å². The Labute approximate surface area is 150 Å². The fourth-order valence-electron chi connectivity index (χ4n) is 3.16. The van der Waals surface area contributed by atoms with Crippen molar-refractivity contribution in [3.63, 3.8) is 0 Å². The first-order valence-corrected chi connectivity index (χ1v) is 9.14. The van der Waals surface area contributed by atoms with Crippen LogP contribution in [0.5, 0.6) is 0 Å². The number of aryl methyl sites for hydroxylation is 1. The number of fused-ring (bicyclic) bond motifs is 1. The van der Waals surface area contributed by atoms with E-state index in [1.807, 2.05) is 61.4 Å². The number of hydrogen-bond donors (Lipinski definition) is 1. The summed E-state index contributed by atoms with van der Waals surface area (Å²) < 4.78 is 4.15. The summed E-state index contributed by atoms with van der Waals surface area (Å²) in [7, 11) is 2.02. The van der Waals surface area contributed by atoms with Crippen molar-refractivity contribution in [2.75, 3.05) is 5.32 Å². The molecule has 3 heterocycles. The molecule has 0 radical (unpaired) electrons. The Hall–Kier alpha value is -2.79. The molecule has 0 bridgehead atoms. The van der Waals surface area contributed by atoms with E-state index >= 15 is 0 Å². The van der Waals surface area contributed by atoms with E-state index in [0.717, 1.165) is 22.2 Å². The van der Waals surface area contributed by atoms with Gasteiger partial charge in [0.05, 0.1) is 12.5 Å². The maximum atomic E-state index is 12.6. The molecule has 1 amide bonds. The molecule has 25 heavy (non-hydrogen) atoms. The highest BCUT2D eigenvalue weighted by Crippen LogP contribution is 2.26. The summed E-state index contributed by atoms with van der Waals surface area (Å²) in [4.78, 5) is 12.6. The summed E-state index contributed by atoms with van der Waals surface area (Å²) in [6.07, 6.45) is 6.43. The molecule has 4 rings (SSSR count). The Balaban J connectivity index is 1.53. The molecule has 0 saturated heterocycles. The van der Waals surface area contributed by atoms with Crippen LogP contribution in [0.25, 0.3) is 10.9 Å². The molecule has 0 saturated carbocycles. The van der Waals surface area contributed by atoms with Crippen LogP contribution in [0.2, 0.25) is 0 Å². The molecule has 5 heteroatoms. The number of anilines is 1. The second kappa shape index (κ2) is 6.61. The molecule has 126 valence electrons. The second-order valence-corrected chi connectivity index (χ2v) is 6.94. The normalized spacial score (nSPS) is 12.4. The number of carbonyl (C=O) groups is 1. The Kier molecular flexibility index (Phi) is 4.15. The van der Waals surface area contributed by atoms with Crippen LogP contribution in [0.4, 0.5) is 5.69 Å². The molecule has 0 spiro atoms. The number of rotatable bonds is 5. The SMILES string of the molecule is Cn1ccc2cc(NC(=O)C[C@@H](c3ccsc3)n3cccc3)ccc21. The summed E-state index contributed by atoms with van der Waals surface area (Å²) in [5, 5.41) is 8.32. The Bertz CT molecular complexity index is 949. The maximum absolute atomic E-state index is 12.6. The molecule has 1 N–H and O–H groups in total. The Morgan fingerprint density at radius 3 is 2.76 bits per heavy atom. The standard InChI is InChI=1S/C20H19N3OS/c1-22-10-6-15-12-17(4-5-18(15)22)21-20(24)13-19(16-7-11-25-14-16)23-8-2-3-9-23/h2-12,14,19H,13H2,1H3,(H,21,24)/t19-/m0/s1. The first kappa shape index (κ1) is 15.7. The third-order valence-corrected chi connectivity index (χ3v) is 5.16. The lowest BCUT2D eigenvalue weighted by Gasteiger charge is -2.18. The number of aromatic nitrogens is 2. The maximum Gasteiger partial charge on any atom is 0.226 e. The number of benzene rings is 1. The molecule has 1 atom stereocenters. The number of hydrogen-bond acceptors (Lipinski definition) is 2. The largest absolute Gasteiger partial charge is 0.351 e. The van der Waals surface area contributed by atoms with E-state index in [9.17, 15) is 4.79 Å². The summed E-state index contributed by atoms with van der Waals surface area (Å²) in [6.45, 7) is 0. The number of amides is 1. The zero-order valence-corrected chi connectivity index (χ0v) is 14.7. The van der Waals surface area contributed by atoms with Crippen molar-refractivity contribution >= 4 is 33.8 Å². The fraction of sp³-hybridized carbons (Fsp3) is 0.150. The van der Waals surface area contributed by atoms with Crippen molar-refractivity contribution in [2.45, 2.75) is 12.5 Å². The Morgan fingerprint density at radius 2 is 2.00 bits per heavy atom. The van der Waals surface area contributed by atoms with Crippen LogP contribution >= 0.6 is 11.3 Å². The van der Waals surface area contributed by atoms with Gasteiger partial charge in [-0.15, -0.1) is 0 Å². The van der Waals surface area contributed by atoms with Gasteiger partial charge in [0, 0.05) is 42.2 Å². The van der Waals surface area contributed by atoms with Gasteiger partial charge < -0.3 is 14.5 Å². The molecular formula is C20H19N3OS. The third-order valence-electron chi connectivity index (χ3n) is 4.46. The van der Waals surface area contributed by atoms with Gasteiger partial charge in [-0.25, -0.2) is 0 Å².